The summed E-state index contributed by atoms with van der Waals surface area (Å²) in [5.41, 5.74) is 0.524. The molecule has 1 aromatic rings. The highest BCUT2D eigenvalue weighted by molar-refractivity contribution is 6.33. The average Bonchev–Trinajstić information content (AvgIpc) is 2.96. The molecule has 6 heteroatoms. The normalized spacial score (nSPS) is 25.6. The number of nitrogens with one attached hydrogen (secondary N) is 1. The van der Waals surface area contributed by atoms with Gasteiger partial charge in [0.2, 0.25) is 0 Å². The van der Waals surface area contributed by atoms with Crippen molar-refractivity contribution in [1.29, 1.82) is 0 Å². The number of fused-ring (bicyclic) bond motifs is 1. The van der Waals surface area contributed by atoms with Gasteiger partial charge in [-0.25, -0.2) is 4.68 Å². The molecule has 0 saturated carbocycles. The second kappa shape index (κ2) is 4.98. The molecular formula is C13H17ClN4O. The number of allylic oxidation sites excluding steroid dienone is 1. The molecule has 0 radical (unpaired) electrons. The van der Waals surface area contributed by atoms with Crippen molar-refractivity contribution in [3.05, 3.63) is 34.2 Å². The Morgan fingerprint density at radius 1 is 1.47 bits per heavy atom. The third-order valence-electron chi connectivity index (χ3n) is 4.00. The van der Waals surface area contributed by atoms with E-state index in [4.69, 9.17) is 11.6 Å². The number of nitrogens with zero attached hydrogens (tertiary/aromatic N) is 3. The minimum atomic E-state index is -0.241. The maximum Gasteiger partial charge on any atom is 0.287 e. The second-order valence-electron chi connectivity index (χ2n) is 5.20. The zero-order chi connectivity index (χ0) is 13.4. The van der Waals surface area contributed by atoms with E-state index in [9.17, 15) is 4.79 Å². The molecule has 2 aliphatic rings. The molecule has 102 valence electrons. The van der Waals surface area contributed by atoms with Crippen LogP contribution < -0.4 is 15.8 Å². The molecule has 0 amide bonds. The van der Waals surface area contributed by atoms with Crippen LogP contribution in [0.1, 0.15) is 0 Å². The molecule has 1 aromatic heterocycles. The summed E-state index contributed by atoms with van der Waals surface area (Å²) in [6.45, 7) is 8.00. The van der Waals surface area contributed by atoms with Crippen molar-refractivity contribution in [3.8, 4) is 0 Å². The van der Waals surface area contributed by atoms with E-state index in [0.29, 0.717) is 18.4 Å². The Bertz CT molecular complexity index is 544. The number of rotatable bonds is 3. The van der Waals surface area contributed by atoms with Crippen molar-refractivity contribution in [2.45, 2.75) is 6.54 Å². The van der Waals surface area contributed by atoms with Crippen LogP contribution in [-0.4, -0.2) is 36.0 Å². The standard InChI is InChI=1S/C13H17ClN4O/c1-2-3-18-13(19)12(14)11(6-16-18)17-7-9-4-15-5-10(9)8-17/h2,6,9-10,15H,1,3-5,7-8H2. The number of aromatic nitrogens is 2. The van der Waals surface area contributed by atoms with Gasteiger partial charge in [0.15, 0.2) is 0 Å². The summed E-state index contributed by atoms with van der Waals surface area (Å²) in [6, 6.07) is 0. The highest BCUT2D eigenvalue weighted by Crippen LogP contribution is 2.32. The van der Waals surface area contributed by atoms with E-state index in [1.165, 1.54) is 4.68 Å². The fraction of sp³-hybridized carbons (Fsp3) is 0.538. The van der Waals surface area contributed by atoms with E-state index in [-0.39, 0.29) is 10.6 Å². The van der Waals surface area contributed by atoms with Gasteiger partial charge in [-0.3, -0.25) is 4.79 Å². The number of hydrogen-bond acceptors (Lipinski definition) is 4. The number of anilines is 1. The molecule has 0 spiro atoms. The second-order valence-corrected chi connectivity index (χ2v) is 5.58. The Morgan fingerprint density at radius 2 is 2.16 bits per heavy atom. The lowest BCUT2D eigenvalue weighted by Gasteiger charge is -2.20. The van der Waals surface area contributed by atoms with Crippen LogP contribution in [0.4, 0.5) is 5.69 Å². The lowest BCUT2D eigenvalue weighted by Crippen LogP contribution is -2.30. The van der Waals surface area contributed by atoms with E-state index >= 15 is 0 Å². The third-order valence-corrected chi connectivity index (χ3v) is 4.35. The Hall–Kier alpha value is -1.33. The van der Waals surface area contributed by atoms with Crippen LogP contribution >= 0.6 is 11.6 Å². The lowest BCUT2D eigenvalue weighted by molar-refractivity contribution is 0.533. The first-order valence-corrected chi connectivity index (χ1v) is 6.90. The zero-order valence-electron chi connectivity index (χ0n) is 10.7. The molecule has 2 aliphatic heterocycles. The molecule has 0 bridgehead atoms. The molecule has 0 aromatic carbocycles. The van der Waals surface area contributed by atoms with E-state index < -0.39 is 0 Å². The van der Waals surface area contributed by atoms with Crippen LogP contribution in [0.5, 0.6) is 0 Å². The summed E-state index contributed by atoms with van der Waals surface area (Å²) in [6.07, 6.45) is 3.33. The van der Waals surface area contributed by atoms with Crippen LogP contribution in [0.3, 0.4) is 0 Å². The Morgan fingerprint density at radius 3 is 2.79 bits per heavy atom. The first kappa shape index (κ1) is 12.7. The van der Waals surface area contributed by atoms with E-state index in [1.807, 2.05) is 0 Å². The van der Waals surface area contributed by atoms with Crippen molar-refractivity contribution in [2.24, 2.45) is 11.8 Å². The molecule has 19 heavy (non-hydrogen) atoms. The molecule has 3 rings (SSSR count). The lowest BCUT2D eigenvalue weighted by atomic mass is 10.0. The Balaban J connectivity index is 1.88. The summed E-state index contributed by atoms with van der Waals surface area (Å²) in [4.78, 5) is 14.3. The number of hydrogen-bond donors (Lipinski definition) is 1. The van der Waals surface area contributed by atoms with Gasteiger partial charge in [0.25, 0.3) is 5.56 Å². The van der Waals surface area contributed by atoms with E-state index in [2.05, 4.69) is 21.9 Å². The van der Waals surface area contributed by atoms with Crippen molar-refractivity contribution in [2.75, 3.05) is 31.1 Å². The van der Waals surface area contributed by atoms with Crippen molar-refractivity contribution in [1.82, 2.24) is 15.1 Å². The summed E-state index contributed by atoms with van der Waals surface area (Å²) in [5, 5.41) is 7.82. The maximum atomic E-state index is 12.1. The van der Waals surface area contributed by atoms with E-state index in [0.717, 1.165) is 31.9 Å². The monoisotopic (exact) mass is 280 g/mol. The van der Waals surface area contributed by atoms with Crippen molar-refractivity contribution >= 4 is 17.3 Å². The molecule has 2 unspecified atom stereocenters. The average molecular weight is 281 g/mol. The van der Waals surface area contributed by atoms with Crippen LogP contribution in [0.15, 0.2) is 23.6 Å². The van der Waals surface area contributed by atoms with Gasteiger partial charge in [0, 0.05) is 26.2 Å². The van der Waals surface area contributed by atoms with Gasteiger partial charge in [-0.2, -0.15) is 5.10 Å². The Labute approximate surface area is 116 Å². The van der Waals surface area contributed by atoms with Gasteiger partial charge in [-0.1, -0.05) is 17.7 Å². The summed E-state index contributed by atoms with van der Waals surface area (Å²) >= 11 is 6.21. The highest BCUT2D eigenvalue weighted by atomic mass is 35.5. The summed E-state index contributed by atoms with van der Waals surface area (Å²) < 4.78 is 1.33. The van der Waals surface area contributed by atoms with Gasteiger partial charge in [0.05, 0.1) is 18.4 Å². The molecule has 0 aliphatic carbocycles. The number of halogens is 1. The highest BCUT2D eigenvalue weighted by Gasteiger charge is 2.37. The van der Waals surface area contributed by atoms with Gasteiger partial charge in [0.1, 0.15) is 5.02 Å². The third kappa shape index (κ3) is 2.17. The Kier molecular flexibility index (Phi) is 3.33. The van der Waals surface area contributed by atoms with Crippen LogP contribution in [-0.2, 0) is 6.54 Å². The SMILES string of the molecule is C=CCn1ncc(N2CC3CNCC3C2)c(Cl)c1=O. The topological polar surface area (TPSA) is 50.2 Å². The maximum absolute atomic E-state index is 12.1. The largest absolute Gasteiger partial charge is 0.368 e. The smallest absolute Gasteiger partial charge is 0.287 e. The molecular weight excluding hydrogens is 264 g/mol. The van der Waals surface area contributed by atoms with Crippen molar-refractivity contribution < 1.29 is 0 Å². The molecule has 3 heterocycles. The predicted octanol–water partition coefficient (Wildman–Crippen LogP) is 0.738. The molecule has 2 saturated heterocycles. The van der Waals surface area contributed by atoms with Crippen molar-refractivity contribution in [3.63, 3.8) is 0 Å². The zero-order valence-corrected chi connectivity index (χ0v) is 11.4. The molecule has 5 nitrogen and oxygen atoms in total. The fourth-order valence-electron chi connectivity index (χ4n) is 2.98. The first-order chi connectivity index (χ1) is 9.20. The quantitative estimate of drug-likeness (QED) is 0.830. The van der Waals surface area contributed by atoms with Gasteiger partial charge in [-0.05, 0) is 11.8 Å². The molecule has 1 N–H and O–H groups in total. The van der Waals surface area contributed by atoms with Crippen LogP contribution in [0.25, 0.3) is 0 Å². The summed E-state index contributed by atoms with van der Waals surface area (Å²) in [5.74, 6) is 1.32. The minimum absolute atomic E-state index is 0.241. The summed E-state index contributed by atoms with van der Waals surface area (Å²) in [7, 11) is 0. The van der Waals surface area contributed by atoms with Gasteiger partial charge >= 0.3 is 0 Å². The first-order valence-electron chi connectivity index (χ1n) is 6.53. The molecule has 2 atom stereocenters. The van der Waals surface area contributed by atoms with Crippen LogP contribution in [0, 0.1) is 11.8 Å². The van der Waals surface area contributed by atoms with Gasteiger partial charge < -0.3 is 10.2 Å². The molecule has 2 fully saturated rings. The minimum Gasteiger partial charge on any atom is -0.368 e. The predicted molar refractivity (Wildman–Crippen MR) is 75.8 cm³/mol. The van der Waals surface area contributed by atoms with Gasteiger partial charge in [-0.15, -0.1) is 6.58 Å². The fourth-order valence-corrected chi connectivity index (χ4v) is 3.25. The van der Waals surface area contributed by atoms with E-state index in [1.54, 1.807) is 12.3 Å². The van der Waals surface area contributed by atoms with Crippen LogP contribution in [0.2, 0.25) is 5.02 Å².